The van der Waals surface area contributed by atoms with Gasteiger partial charge in [0.2, 0.25) is 0 Å². The van der Waals surface area contributed by atoms with Crippen LogP contribution >= 0.6 is 31.9 Å². The fourth-order valence-corrected chi connectivity index (χ4v) is 2.66. The standard InChI is InChI=1S/C15H14Br2O/c1-10-5-6-12(9-14(10)17)15(18)8-11-3-2-4-13(16)7-11/h2-7,9,15,18H,8H2,1H3. The van der Waals surface area contributed by atoms with Crippen molar-refractivity contribution in [2.75, 3.05) is 0 Å². The van der Waals surface area contributed by atoms with E-state index in [1.54, 1.807) is 0 Å². The van der Waals surface area contributed by atoms with Crippen LogP contribution in [-0.4, -0.2) is 5.11 Å². The van der Waals surface area contributed by atoms with Crippen molar-refractivity contribution in [1.82, 2.24) is 0 Å². The lowest BCUT2D eigenvalue weighted by molar-refractivity contribution is 0.178. The first-order chi connectivity index (χ1) is 8.56. The summed E-state index contributed by atoms with van der Waals surface area (Å²) in [5.41, 5.74) is 3.23. The van der Waals surface area contributed by atoms with E-state index in [1.165, 1.54) is 5.56 Å². The van der Waals surface area contributed by atoms with Crippen LogP contribution in [-0.2, 0) is 6.42 Å². The summed E-state index contributed by atoms with van der Waals surface area (Å²) in [7, 11) is 0. The first-order valence-corrected chi connectivity index (χ1v) is 7.33. The molecule has 2 aromatic rings. The van der Waals surface area contributed by atoms with Crippen LogP contribution in [0, 0.1) is 6.92 Å². The first-order valence-electron chi connectivity index (χ1n) is 5.75. The summed E-state index contributed by atoms with van der Waals surface area (Å²) in [6, 6.07) is 14.0. The lowest BCUT2D eigenvalue weighted by Crippen LogP contribution is -2.02. The third-order valence-corrected chi connectivity index (χ3v) is 4.25. The normalized spacial score (nSPS) is 12.4. The third kappa shape index (κ3) is 3.44. The summed E-state index contributed by atoms with van der Waals surface area (Å²) >= 11 is 6.93. The molecule has 0 amide bonds. The molecule has 2 rings (SSSR count). The molecule has 0 bridgehead atoms. The molecule has 1 atom stereocenters. The van der Waals surface area contributed by atoms with E-state index in [9.17, 15) is 5.11 Å². The van der Waals surface area contributed by atoms with E-state index >= 15 is 0 Å². The van der Waals surface area contributed by atoms with Crippen molar-refractivity contribution < 1.29 is 5.11 Å². The molecule has 0 aliphatic rings. The summed E-state index contributed by atoms with van der Waals surface area (Å²) in [5, 5.41) is 10.2. The number of benzene rings is 2. The van der Waals surface area contributed by atoms with Crippen molar-refractivity contribution in [3.63, 3.8) is 0 Å². The highest BCUT2D eigenvalue weighted by Gasteiger charge is 2.10. The Labute approximate surface area is 124 Å². The van der Waals surface area contributed by atoms with Gasteiger partial charge in [-0.25, -0.2) is 0 Å². The maximum Gasteiger partial charge on any atom is 0.0830 e. The first kappa shape index (κ1) is 13.8. The van der Waals surface area contributed by atoms with Gasteiger partial charge >= 0.3 is 0 Å². The monoisotopic (exact) mass is 368 g/mol. The summed E-state index contributed by atoms with van der Waals surface area (Å²) in [6.45, 7) is 2.04. The fraction of sp³-hybridized carbons (Fsp3) is 0.200. The molecule has 0 aromatic heterocycles. The van der Waals surface area contributed by atoms with Crippen LogP contribution in [0.4, 0.5) is 0 Å². The predicted octanol–water partition coefficient (Wildman–Crippen LogP) is 4.80. The Balaban J connectivity index is 2.16. The molecule has 0 heterocycles. The molecule has 0 fully saturated rings. The Kier molecular flexibility index (Phi) is 4.60. The zero-order chi connectivity index (χ0) is 13.1. The second-order valence-corrected chi connectivity index (χ2v) is 6.13. The second kappa shape index (κ2) is 6.00. The van der Waals surface area contributed by atoms with Gasteiger partial charge in [0.1, 0.15) is 0 Å². The van der Waals surface area contributed by atoms with Gasteiger partial charge in [-0.2, -0.15) is 0 Å². The van der Waals surface area contributed by atoms with Crippen LogP contribution in [0.1, 0.15) is 22.8 Å². The van der Waals surface area contributed by atoms with Gasteiger partial charge in [-0.1, -0.05) is 56.1 Å². The molecule has 18 heavy (non-hydrogen) atoms. The minimum absolute atomic E-state index is 0.476. The van der Waals surface area contributed by atoms with Gasteiger partial charge in [0, 0.05) is 15.4 Å². The van der Waals surface area contributed by atoms with Crippen molar-refractivity contribution in [2.24, 2.45) is 0 Å². The van der Waals surface area contributed by atoms with Gasteiger partial charge in [-0.15, -0.1) is 0 Å². The number of hydrogen-bond donors (Lipinski definition) is 1. The van der Waals surface area contributed by atoms with Gasteiger partial charge in [-0.05, 0) is 41.8 Å². The topological polar surface area (TPSA) is 20.2 Å². The molecule has 1 nitrogen and oxygen atoms in total. The van der Waals surface area contributed by atoms with Gasteiger partial charge in [-0.3, -0.25) is 0 Å². The number of halogens is 2. The molecule has 3 heteroatoms. The number of aliphatic hydroxyl groups is 1. The average molecular weight is 370 g/mol. The minimum atomic E-state index is -0.476. The van der Waals surface area contributed by atoms with Crippen LogP contribution in [0.15, 0.2) is 51.4 Å². The lowest BCUT2D eigenvalue weighted by Gasteiger charge is -2.12. The number of rotatable bonds is 3. The zero-order valence-corrected chi connectivity index (χ0v) is 13.2. The van der Waals surface area contributed by atoms with E-state index < -0.39 is 6.10 Å². The maximum atomic E-state index is 10.2. The molecule has 94 valence electrons. The molecule has 1 N–H and O–H groups in total. The second-order valence-electron chi connectivity index (χ2n) is 4.36. The molecule has 1 unspecified atom stereocenters. The highest BCUT2D eigenvalue weighted by atomic mass is 79.9. The summed E-state index contributed by atoms with van der Waals surface area (Å²) < 4.78 is 2.07. The van der Waals surface area contributed by atoms with E-state index in [4.69, 9.17) is 0 Å². The average Bonchev–Trinajstić information content (AvgIpc) is 2.32. The summed E-state index contributed by atoms with van der Waals surface area (Å²) in [4.78, 5) is 0. The van der Waals surface area contributed by atoms with Crippen molar-refractivity contribution in [2.45, 2.75) is 19.4 Å². The largest absolute Gasteiger partial charge is 0.388 e. The van der Waals surface area contributed by atoms with Gasteiger partial charge in [0.05, 0.1) is 6.10 Å². The Morgan fingerprint density at radius 3 is 2.56 bits per heavy atom. The van der Waals surface area contributed by atoms with Crippen molar-refractivity contribution in [1.29, 1.82) is 0 Å². The van der Waals surface area contributed by atoms with Crippen LogP contribution < -0.4 is 0 Å². The predicted molar refractivity (Wildman–Crippen MR) is 81.7 cm³/mol. The van der Waals surface area contributed by atoms with Crippen molar-refractivity contribution in [3.8, 4) is 0 Å². The summed E-state index contributed by atoms with van der Waals surface area (Å²) in [5.74, 6) is 0. The quantitative estimate of drug-likeness (QED) is 0.824. The molecule has 0 saturated carbocycles. The van der Waals surface area contributed by atoms with E-state index in [0.717, 1.165) is 20.1 Å². The Hall–Kier alpha value is -0.640. The summed E-state index contributed by atoms with van der Waals surface area (Å²) in [6.07, 6.45) is 0.144. The number of aliphatic hydroxyl groups excluding tert-OH is 1. The molecule has 0 aliphatic carbocycles. The van der Waals surface area contributed by atoms with E-state index in [2.05, 4.69) is 31.9 Å². The highest BCUT2D eigenvalue weighted by molar-refractivity contribution is 9.10. The molecule has 2 aromatic carbocycles. The van der Waals surface area contributed by atoms with Crippen LogP contribution in [0.3, 0.4) is 0 Å². The Morgan fingerprint density at radius 2 is 1.89 bits per heavy atom. The maximum absolute atomic E-state index is 10.2. The number of hydrogen-bond acceptors (Lipinski definition) is 1. The minimum Gasteiger partial charge on any atom is -0.388 e. The fourth-order valence-electron chi connectivity index (χ4n) is 1.82. The molecule has 0 saturated heterocycles. The highest BCUT2D eigenvalue weighted by Crippen LogP contribution is 2.25. The van der Waals surface area contributed by atoms with E-state index in [-0.39, 0.29) is 0 Å². The van der Waals surface area contributed by atoms with Crippen molar-refractivity contribution in [3.05, 3.63) is 68.1 Å². The molecular weight excluding hydrogens is 356 g/mol. The molecule has 0 radical (unpaired) electrons. The Morgan fingerprint density at radius 1 is 1.11 bits per heavy atom. The van der Waals surface area contributed by atoms with Crippen LogP contribution in [0.2, 0.25) is 0 Å². The molecular formula is C15H14Br2O. The lowest BCUT2D eigenvalue weighted by atomic mass is 10.0. The number of aryl methyl sites for hydroxylation is 1. The van der Waals surface area contributed by atoms with Crippen LogP contribution in [0.5, 0.6) is 0 Å². The van der Waals surface area contributed by atoms with Gasteiger partial charge < -0.3 is 5.11 Å². The van der Waals surface area contributed by atoms with Gasteiger partial charge in [0.25, 0.3) is 0 Å². The van der Waals surface area contributed by atoms with E-state index in [1.807, 2.05) is 49.4 Å². The molecule has 0 spiro atoms. The van der Waals surface area contributed by atoms with E-state index in [0.29, 0.717) is 6.42 Å². The molecule has 0 aliphatic heterocycles. The SMILES string of the molecule is Cc1ccc(C(O)Cc2cccc(Br)c2)cc1Br. The van der Waals surface area contributed by atoms with Crippen molar-refractivity contribution >= 4 is 31.9 Å². The zero-order valence-electron chi connectivity index (χ0n) is 10.0. The van der Waals surface area contributed by atoms with Crippen LogP contribution in [0.25, 0.3) is 0 Å². The smallest absolute Gasteiger partial charge is 0.0830 e. The Bertz CT molecular complexity index is 552. The third-order valence-electron chi connectivity index (χ3n) is 2.90. The van der Waals surface area contributed by atoms with Gasteiger partial charge in [0.15, 0.2) is 0 Å².